The van der Waals surface area contributed by atoms with Crippen molar-refractivity contribution < 1.29 is 14.6 Å². The fraction of sp³-hybridized carbons (Fsp3) is 0.917. The largest absolute Gasteiger partial charge is 0.449 e. The van der Waals surface area contributed by atoms with E-state index in [4.69, 9.17) is 4.74 Å². The van der Waals surface area contributed by atoms with Gasteiger partial charge in [-0.05, 0) is 25.2 Å². The number of rotatable bonds is 2. The maximum Gasteiger partial charge on any atom is 0.410 e. The lowest BCUT2D eigenvalue weighted by molar-refractivity contribution is -0.0323. The van der Waals surface area contributed by atoms with Crippen LogP contribution in [0.2, 0.25) is 0 Å². The molecule has 1 amide bonds. The average molecular weight is 227 g/mol. The lowest BCUT2D eigenvalue weighted by Crippen LogP contribution is -2.58. The standard InChI is InChI=1S/C12H21NO3/c1-10-4-2-5-12(8-10,9-14)13-6-3-7-16-11(13)15/h10,14H,2-9H2,1H3. The Hall–Kier alpha value is -0.770. The number of carbonyl (C=O) groups excluding carboxylic acids is 1. The quantitative estimate of drug-likeness (QED) is 0.782. The zero-order chi connectivity index (χ0) is 11.6. The summed E-state index contributed by atoms with van der Waals surface area (Å²) in [6.07, 6.45) is 4.73. The minimum absolute atomic E-state index is 0.0619. The molecule has 1 saturated heterocycles. The summed E-state index contributed by atoms with van der Waals surface area (Å²) in [6.45, 7) is 3.50. The Morgan fingerprint density at radius 2 is 2.38 bits per heavy atom. The molecule has 4 nitrogen and oxygen atoms in total. The number of ether oxygens (including phenoxy) is 1. The zero-order valence-corrected chi connectivity index (χ0v) is 9.95. The second kappa shape index (κ2) is 4.62. The van der Waals surface area contributed by atoms with Gasteiger partial charge in [0.15, 0.2) is 0 Å². The maximum atomic E-state index is 11.8. The highest BCUT2D eigenvalue weighted by Gasteiger charge is 2.43. The molecule has 16 heavy (non-hydrogen) atoms. The van der Waals surface area contributed by atoms with E-state index in [2.05, 4.69) is 6.92 Å². The second-order valence-electron chi connectivity index (χ2n) is 5.20. The summed E-state index contributed by atoms with van der Waals surface area (Å²) in [7, 11) is 0. The van der Waals surface area contributed by atoms with Crippen molar-refractivity contribution in [2.75, 3.05) is 19.8 Å². The van der Waals surface area contributed by atoms with Gasteiger partial charge in [-0.3, -0.25) is 0 Å². The topological polar surface area (TPSA) is 49.8 Å². The van der Waals surface area contributed by atoms with E-state index >= 15 is 0 Å². The number of carbonyl (C=O) groups is 1. The van der Waals surface area contributed by atoms with Gasteiger partial charge in [0.1, 0.15) is 0 Å². The van der Waals surface area contributed by atoms with Crippen molar-refractivity contribution in [3.63, 3.8) is 0 Å². The summed E-state index contributed by atoms with van der Waals surface area (Å²) in [6, 6.07) is 0. The molecule has 1 N–H and O–H groups in total. The van der Waals surface area contributed by atoms with Gasteiger partial charge in [0.05, 0.1) is 18.8 Å². The number of hydrogen-bond donors (Lipinski definition) is 1. The van der Waals surface area contributed by atoms with Crippen molar-refractivity contribution in [2.45, 2.75) is 44.6 Å². The Kier molecular flexibility index (Phi) is 3.38. The Bertz CT molecular complexity index is 269. The van der Waals surface area contributed by atoms with E-state index in [1.54, 1.807) is 4.90 Å². The van der Waals surface area contributed by atoms with Gasteiger partial charge in [-0.1, -0.05) is 19.8 Å². The highest BCUT2D eigenvalue weighted by Crippen LogP contribution is 2.37. The van der Waals surface area contributed by atoms with Crippen LogP contribution in [-0.4, -0.2) is 41.4 Å². The van der Waals surface area contributed by atoms with Crippen LogP contribution in [0.15, 0.2) is 0 Å². The Morgan fingerprint density at radius 3 is 3.00 bits per heavy atom. The zero-order valence-electron chi connectivity index (χ0n) is 9.95. The molecule has 0 aromatic carbocycles. The van der Waals surface area contributed by atoms with Gasteiger partial charge >= 0.3 is 6.09 Å². The van der Waals surface area contributed by atoms with E-state index in [-0.39, 0.29) is 18.2 Å². The molecule has 1 aliphatic carbocycles. The number of aliphatic hydroxyl groups excluding tert-OH is 1. The van der Waals surface area contributed by atoms with Gasteiger partial charge < -0.3 is 14.7 Å². The molecule has 92 valence electrons. The van der Waals surface area contributed by atoms with Crippen LogP contribution in [0.25, 0.3) is 0 Å². The van der Waals surface area contributed by atoms with Crippen LogP contribution in [0, 0.1) is 5.92 Å². The highest BCUT2D eigenvalue weighted by molar-refractivity contribution is 5.69. The molecule has 0 aromatic rings. The van der Waals surface area contributed by atoms with Crippen LogP contribution in [0.4, 0.5) is 4.79 Å². The summed E-state index contributed by atoms with van der Waals surface area (Å²) in [5, 5.41) is 9.68. The number of aliphatic hydroxyl groups is 1. The van der Waals surface area contributed by atoms with Crippen LogP contribution in [-0.2, 0) is 4.74 Å². The SMILES string of the molecule is CC1CCCC(CO)(N2CCCOC2=O)C1. The fourth-order valence-electron chi connectivity index (χ4n) is 3.09. The molecule has 1 saturated carbocycles. The first-order valence-electron chi connectivity index (χ1n) is 6.23. The Balaban J connectivity index is 2.15. The molecule has 0 spiro atoms. The third kappa shape index (κ3) is 2.03. The molecule has 0 bridgehead atoms. The predicted octanol–water partition coefficient (Wildman–Crippen LogP) is 1.77. The van der Waals surface area contributed by atoms with Crippen molar-refractivity contribution in [3.8, 4) is 0 Å². The van der Waals surface area contributed by atoms with Crippen molar-refractivity contribution in [2.24, 2.45) is 5.92 Å². The molecule has 2 aliphatic rings. The van der Waals surface area contributed by atoms with Crippen LogP contribution in [0.1, 0.15) is 39.0 Å². The minimum atomic E-state index is -0.352. The molecule has 4 heteroatoms. The number of nitrogens with zero attached hydrogens (tertiary/aromatic N) is 1. The number of amides is 1. The summed E-state index contributed by atoms with van der Waals surface area (Å²) >= 11 is 0. The van der Waals surface area contributed by atoms with Crippen LogP contribution >= 0.6 is 0 Å². The summed E-state index contributed by atoms with van der Waals surface area (Å²) in [5.74, 6) is 0.579. The van der Waals surface area contributed by atoms with E-state index in [0.717, 1.165) is 32.2 Å². The van der Waals surface area contributed by atoms with Gasteiger partial charge in [-0.15, -0.1) is 0 Å². The molecule has 2 atom stereocenters. The van der Waals surface area contributed by atoms with E-state index in [9.17, 15) is 9.90 Å². The first-order chi connectivity index (χ1) is 7.68. The van der Waals surface area contributed by atoms with E-state index in [1.165, 1.54) is 6.42 Å². The Labute approximate surface area is 96.6 Å². The summed E-state index contributed by atoms with van der Waals surface area (Å²) in [5.41, 5.74) is -0.352. The maximum absolute atomic E-state index is 11.8. The van der Waals surface area contributed by atoms with Gasteiger partial charge in [0, 0.05) is 6.54 Å². The van der Waals surface area contributed by atoms with Crippen molar-refractivity contribution in [3.05, 3.63) is 0 Å². The monoisotopic (exact) mass is 227 g/mol. The number of cyclic esters (lactones) is 1. The third-order valence-electron chi connectivity index (χ3n) is 3.91. The molecule has 0 aromatic heterocycles. The lowest BCUT2D eigenvalue weighted by atomic mass is 9.75. The van der Waals surface area contributed by atoms with Crippen LogP contribution < -0.4 is 0 Å². The van der Waals surface area contributed by atoms with E-state index < -0.39 is 0 Å². The molecular weight excluding hydrogens is 206 g/mol. The van der Waals surface area contributed by atoms with Crippen LogP contribution in [0.3, 0.4) is 0 Å². The molecule has 1 heterocycles. The number of hydrogen-bond acceptors (Lipinski definition) is 3. The normalized spacial score (nSPS) is 36.0. The second-order valence-corrected chi connectivity index (χ2v) is 5.20. The van der Waals surface area contributed by atoms with Crippen molar-refractivity contribution in [1.82, 2.24) is 4.90 Å². The fourth-order valence-corrected chi connectivity index (χ4v) is 3.09. The summed E-state index contributed by atoms with van der Waals surface area (Å²) in [4.78, 5) is 13.5. The molecule has 0 radical (unpaired) electrons. The lowest BCUT2D eigenvalue weighted by Gasteiger charge is -2.47. The molecule has 1 aliphatic heterocycles. The first kappa shape index (κ1) is 11.7. The van der Waals surface area contributed by atoms with Crippen LogP contribution in [0.5, 0.6) is 0 Å². The molecule has 2 unspecified atom stereocenters. The van der Waals surface area contributed by atoms with E-state index in [1.807, 2.05) is 0 Å². The Morgan fingerprint density at radius 1 is 1.56 bits per heavy atom. The van der Waals surface area contributed by atoms with Gasteiger partial charge in [0.25, 0.3) is 0 Å². The van der Waals surface area contributed by atoms with Gasteiger partial charge in [0.2, 0.25) is 0 Å². The predicted molar refractivity (Wildman–Crippen MR) is 60.1 cm³/mol. The van der Waals surface area contributed by atoms with Gasteiger partial charge in [-0.25, -0.2) is 4.79 Å². The first-order valence-corrected chi connectivity index (χ1v) is 6.23. The smallest absolute Gasteiger partial charge is 0.410 e. The van der Waals surface area contributed by atoms with Crippen molar-refractivity contribution >= 4 is 6.09 Å². The minimum Gasteiger partial charge on any atom is -0.449 e. The third-order valence-corrected chi connectivity index (χ3v) is 3.91. The van der Waals surface area contributed by atoms with Gasteiger partial charge in [-0.2, -0.15) is 0 Å². The molecule has 2 fully saturated rings. The summed E-state index contributed by atoms with van der Waals surface area (Å²) < 4.78 is 5.08. The van der Waals surface area contributed by atoms with E-state index in [0.29, 0.717) is 12.5 Å². The highest BCUT2D eigenvalue weighted by atomic mass is 16.6. The molecule has 2 rings (SSSR count). The average Bonchev–Trinajstić information content (AvgIpc) is 2.29. The molecular formula is C12H21NO3. The van der Waals surface area contributed by atoms with Crippen molar-refractivity contribution in [1.29, 1.82) is 0 Å².